The van der Waals surface area contributed by atoms with Gasteiger partial charge in [-0.2, -0.15) is 0 Å². The Kier molecular flexibility index (Phi) is 4.15. The fraction of sp³-hybridized carbons (Fsp3) is 0.538. The molecule has 0 bridgehead atoms. The highest BCUT2D eigenvalue weighted by Gasteiger charge is 2.21. The van der Waals surface area contributed by atoms with Gasteiger partial charge in [0, 0.05) is 18.3 Å². The van der Waals surface area contributed by atoms with Gasteiger partial charge in [0.05, 0.1) is 5.56 Å². The molecule has 1 heterocycles. The fourth-order valence-electron chi connectivity index (χ4n) is 2.44. The number of hydrogen-bond acceptors (Lipinski definition) is 4. The standard InChI is InChI=1S/C13H20N4O/c1-15-9-4-6-10(7-5-9)17-13-11(12(14)18)3-2-8-16-13/h2-3,8-10,15H,4-7H2,1H3,(H2,14,18)(H,16,17). The van der Waals surface area contributed by atoms with Crippen molar-refractivity contribution in [2.45, 2.75) is 37.8 Å². The summed E-state index contributed by atoms with van der Waals surface area (Å²) in [6.45, 7) is 0. The first-order valence-electron chi connectivity index (χ1n) is 6.39. The number of amides is 1. The zero-order valence-electron chi connectivity index (χ0n) is 10.6. The predicted molar refractivity (Wildman–Crippen MR) is 71.5 cm³/mol. The molecular weight excluding hydrogens is 228 g/mol. The van der Waals surface area contributed by atoms with Crippen molar-refractivity contribution in [2.24, 2.45) is 5.73 Å². The summed E-state index contributed by atoms with van der Waals surface area (Å²) in [5.74, 6) is 0.174. The lowest BCUT2D eigenvalue weighted by Gasteiger charge is -2.29. The van der Waals surface area contributed by atoms with Crippen molar-refractivity contribution in [1.29, 1.82) is 0 Å². The highest BCUT2D eigenvalue weighted by molar-refractivity contribution is 5.97. The van der Waals surface area contributed by atoms with Gasteiger partial charge in [0.15, 0.2) is 0 Å². The average molecular weight is 248 g/mol. The van der Waals surface area contributed by atoms with Gasteiger partial charge in [-0.15, -0.1) is 0 Å². The molecule has 1 aliphatic carbocycles. The normalized spacial score (nSPS) is 23.6. The molecule has 0 atom stereocenters. The van der Waals surface area contributed by atoms with Crippen LogP contribution in [0, 0.1) is 0 Å². The molecule has 0 unspecified atom stereocenters. The SMILES string of the molecule is CNC1CCC(Nc2ncccc2C(N)=O)CC1. The second-order valence-corrected chi connectivity index (χ2v) is 4.75. The molecule has 5 nitrogen and oxygen atoms in total. The lowest BCUT2D eigenvalue weighted by atomic mass is 9.91. The van der Waals surface area contributed by atoms with E-state index in [0.717, 1.165) is 25.7 Å². The van der Waals surface area contributed by atoms with Crippen molar-refractivity contribution in [3.8, 4) is 0 Å². The Balaban J connectivity index is 2.00. The van der Waals surface area contributed by atoms with E-state index in [1.165, 1.54) is 0 Å². The summed E-state index contributed by atoms with van der Waals surface area (Å²) in [5, 5.41) is 6.64. The molecule has 1 aliphatic rings. The van der Waals surface area contributed by atoms with Crippen LogP contribution in [0.3, 0.4) is 0 Å². The number of anilines is 1. The number of primary amides is 1. The smallest absolute Gasteiger partial charge is 0.252 e. The fourth-order valence-corrected chi connectivity index (χ4v) is 2.44. The third-order valence-electron chi connectivity index (χ3n) is 3.55. The topological polar surface area (TPSA) is 80.0 Å². The molecule has 98 valence electrons. The van der Waals surface area contributed by atoms with Crippen LogP contribution in [0.4, 0.5) is 5.82 Å². The molecule has 1 saturated carbocycles. The number of nitrogens with zero attached hydrogens (tertiary/aromatic N) is 1. The first kappa shape index (κ1) is 12.8. The number of pyridine rings is 1. The Morgan fingerprint density at radius 3 is 2.61 bits per heavy atom. The van der Waals surface area contributed by atoms with E-state index in [4.69, 9.17) is 5.73 Å². The summed E-state index contributed by atoms with van der Waals surface area (Å²) in [7, 11) is 2.00. The minimum Gasteiger partial charge on any atom is -0.367 e. The number of aromatic nitrogens is 1. The lowest BCUT2D eigenvalue weighted by molar-refractivity contribution is 0.100. The third-order valence-corrected chi connectivity index (χ3v) is 3.55. The molecule has 5 heteroatoms. The van der Waals surface area contributed by atoms with Gasteiger partial charge in [-0.05, 0) is 44.9 Å². The molecule has 1 amide bonds. The van der Waals surface area contributed by atoms with Crippen molar-refractivity contribution in [3.63, 3.8) is 0 Å². The van der Waals surface area contributed by atoms with Crippen LogP contribution in [0.2, 0.25) is 0 Å². The second kappa shape index (κ2) is 5.82. The molecule has 2 rings (SSSR count). The van der Waals surface area contributed by atoms with E-state index in [1.807, 2.05) is 7.05 Å². The Morgan fingerprint density at radius 1 is 1.33 bits per heavy atom. The second-order valence-electron chi connectivity index (χ2n) is 4.75. The van der Waals surface area contributed by atoms with Crippen LogP contribution >= 0.6 is 0 Å². The van der Waals surface area contributed by atoms with Gasteiger partial charge in [0.25, 0.3) is 5.91 Å². The van der Waals surface area contributed by atoms with Crippen molar-refractivity contribution >= 4 is 11.7 Å². The maximum atomic E-state index is 11.3. The summed E-state index contributed by atoms with van der Waals surface area (Å²) < 4.78 is 0. The number of nitrogens with one attached hydrogen (secondary N) is 2. The van der Waals surface area contributed by atoms with Crippen LogP contribution in [-0.4, -0.2) is 30.0 Å². The maximum Gasteiger partial charge on any atom is 0.252 e. The largest absolute Gasteiger partial charge is 0.367 e. The zero-order chi connectivity index (χ0) is 13.0. The molecule has 0 saturated heterocycles. The maximum absolute atomic E-state index is 11.3. The highest BCUT2D eigenvalue weighted by Crippen LogP contribution is 2.22. The average Bonchev–Trinajstić information content (AvgIpc) is 2.40. The van der Waals surface area contributed by atoms with Crippen LogP contribution < -0.4 is 16.4 Å². The zero-order valence-corrected chi connectivity index (χ0v) is 10.6. The Labute approximate surface area is 107 Å². The van der Waals surface area contributed by atoms with E-state index in [1.54, 1.807) is 18.3 Å². The van der Waals surface area contributed by atoms with Crippen molar-refractivity contribution in [1.82, 2.24) is 10.3 Å². The molecule has 1 fully saturated rings. The molecule has 0 spiro atoms. The molecular formula is C13H20N4O. The lowest BCUT2D eigenvalue weighted by Crippen LogP contribution is -2.35. The molecule has 0 aliphatic heterocycles. The number of hydrogen-bond donors (Lipinski definition) is 3. The van der Waals surface area contributed by atoms with E-state index in [2.05, 4.69) is 15.6 Å². The van der Waals surface area contributed by atoms with Gasteiger partial charge in [0.1, 0.15) is 5.82 Å². The minimum atomic E-state index is -0.436. The molecule has 1 aromatic rings. The van der Waals surface area contributed by atoms with Gasteiger partial charge >= 0.3 is 0 Å². The molecule has 0 aromatic carbocycles. The summed E-state index contributed by atoms with van der Waals surface area (Å²) in [4.78, 5) is 15.5. The van der Waals surface area contributed by atoms with E-state index < -0.39 is 5.91 Å². The molecule has 18 heavy (non-hydrogen) atoms. The number of rotatable bonds is 4. The van der Waals surface area contributed by atoms with Crippen molar-refractivity contribution in [2.75, 3.05) is 12.4 Å². The molecule has 0 radical (unpaired) electrons. The van der Waals surface area contributed by atoms with E-state index in [0.29, 0.717) is 23.5 Å². The van der Waals surface area contributed by atoms with Crippen LogP contribution in [0.25, 0.3) is 0 Å². The van der Waals surface area contributed by atoms with Gasteiger partial charge in [-0.3, -0.25) is 4.79 Å². The van der Waals surface area contributed by atoms with Gasteiger partial charge < -0.3 is 16.4 Å². The third kappa shape index (κ3) is 2.98. The Morgan fingerprint density at radius 2 is 2.00 bits per heavy atom. The minimum absolute atomic E-state index is 0.377. The highest BCUT2D eigenvalue weighted by atomic mass is 16.1. The Hall–Kier alpha value is -1.62. The van der Waals surface area contributed by atoms with Gasteiger partial charge in [-0.25, -0.2) is 4.98 Å². The van der Waals surface area contributed by atoms with Crippen LogP contribution in [0.15, 0.2) is 18.3 Å². The van der Waals surface area contributed by atoms with Crippen LogP contribution in [-0.2, 0) is 0 Å². The first-order valence-corrected chi connectivity index (χ1v) is 6.39. The predicted octanol–water partition coefficient (Wildman–Crippen LogP) is 1.12. The monoisotopic (exact) mass is 248 g/mol. The van der Waals surface area contributed by atoms with E-state index in [9.17, 15) is 4.79 Å². The molecule has 1 aromatic heterocycles. The summed E-state index contributed by atoms with van der Waals surface area (Å²) in [5.41, 5.74) is 5.80. The van der Waals surface area contributed by atoms with Gasteiger partial charge in [-0.1, -0.05) is 0 Å². The molecule has 4 N–H and O–H groups in total. The van der Waals surface area contributed by atoms with Crippen LogP contribution in [0.1, 0.15) is 36.0 Å². The van der Waals surface area contributed by atoms with Gasteiger partial charge in [0.2, 0.25) is 0 Å². The number of nitrogens with two attached hydrogens (primary N) is 1. The van der Waals surface area contributed by atoms with Crippen LogP contribution in [0.5, 0.6) is 0 Å². The first-order chi connectivity index (χ1) is 8.70. The summed E-state index contributed by atoms with van der Waals surface area (Å²) in [6, 6.07) is 4.42. The van der Waals surface area contributed by atoms with Crippen molar-refractivity contribution < 1.29 is 4.79 Å². The van der Waals surface area contributed by atoms with Crippen molar-refractivity contribution in [3.05, 3.63) is 23.9 Å². The summed E-state index contributed by atoms with van der Waals surface area (Å²) >= 11 is 0. The van der Waals surface area contributed by atoms with E-state index >= 15 is 0 Å². The number of carbonyl (C=O) groups is 1. The number of carbonyl (C=O) groups excluding carboxylic acids is 1. The summed E-state index contributed by atoms with van der Waals surface area (Å²) in [6.07, 6.45) is 6.13. The quantitative estimate of drug-likeness (QED) is 0.746. The Bertz CT molecular complexity index is 413. The van der Waals surface area contributed by atoms with E-state index in [-0.39, 0.29) is 0 Å².